The van der Waals surface area contributed by atoms with E-state index in [-0.39, 0.29) is 34.7 Å². The van der Waals surface area contributed by atoms with E-state index < -0.39 is 5.97 Å². The molecule has 6 heteroatoms. The lowest BCUT2D eigenvalue weighted by Gasteiger charge is -2.07. The average molecular weight is 379 g/mol. The van der Waals surface area contributed by atoms with E-state index in [1.54, 1.807) is 25.1 Å². The first-order valence-corrected chi connectivity index (χ1v) is 9.15. The highest BCUT2D eigenvalue weighted by Gasteiger charge is 2.14. The average Bonchev–Trinajstić information content (AvgIpc) is 2.69. The maximum atomic E-state index is 12.3. The molecule has 0 unspecified atom stereocenters. The molecule has 0 saturated heterocycles. The summed E-state index contributed by atoms with van der Waals surface area (Å²) < 4.78 is 10.3. The number of aryl methyl sites for hydroxylation is 1. The molecule has 0 saturated carbocycles. The predicted octanol–water partition coefficient (Wildman–Crippen LogP) is 3.93. The Labute approximate surface area is 162 Å². The highest BCUT2D eigenvalue weighted by molar-refractivity contribution is 5.94. The van der Waals surface area contributed by atoms with Gasteiger partial charge in [0.15, 0.2) is 5.43 Å². The summed E-state index contributed by atoms with van der Waals surface area (Å²) in [6.07, 6.45) is 1.93. The Morgan fingerprint density at radius 1 is 1.07 bits per heavy atom. The van der Waals surface area contributed by atoms with Crippen LogP contribution >= 0.6 is 0 Å². The highest BCUT2D eigenvalue weighted by Crippen LogP contribution is 2.18. The van der Waals surface area contributed by atoms with Gasteiger partial charge in [-0.25, -0.2) is 4.79 Å². The molecule has 0 aliphatic carbocycles. The number of benzene rings is 2. The van der Waals surface area contributed by atoms with Crippen molar-refractivity contribution in [3.63, 3.8) is 0 Å². The lowest BCUT2D eigenvalue weighted by atomic mass is 10.1. The number of carbonyl (C=O) groups excluding carboxylic acids is 2. The van der Waals surface area contributed by atoms with Crippen molar-refractivity contribution in [1.29, 1.82) is 0 Å². The lowest BCUT2D eigenvalue weighted by molar-refractivity contribution is -0.116. The standard InChI is InChI=1S/C22H21NO5/c1-2-27-22(26)20-14-18(24)17-13-16(11-12-19(17)28-20)23-21(25)10-6-9-15-7-4-3-5-8-15/h3-5,7-8,11-14H,2,6,9-10H2,1H3,(H,23,25). The van der Waals surface area contributed by atoms with E-state index in [2.05, 4.69) is 5.32 Å². The number of ether oxygens (including phenoxy) is 1. The monoisotopic (exact) mass is 379 g/mol. The van der Waals surface area contributed by atoms with Gasteiger partial charge in [0.05, 0.1) is 12.0 Å². The number of nitrogens with one attached hydrogen (secondary N) is 1. The Balaban J connectivity index is 1.66. The number of anilines is 1. The zero-order valence-electron chi connectivity index (χ0n) is 15.6. The Morgan fingerprint density at radius 2 is 1.86 bits per heavy atom. The van der Waals surface area contributed by atoms with Crippen LogP contribution < -0.4 is 10.7 Å². The third-order valence-electron chi connectivity index (χ3n) is 4.20. The molecule has 28 heavy (non-hydrogen) atoms. The molecule has 0 aliphatic heterocycles. The first-order valence-electron chi connectivity index (χ1n) is 9.15. The van der Waals surface area contributed by atoms with Crippen molar-refractivity contribution in [1.82, 2.24) is 0 Å². The number of fused-ring (bicyclic) bond motifs is 1. The van der Waals surface area contributed by atoms with Gasteiger partial charge in [0.1, 0.15) is 5.58 Å². The molecule has 0 spiro atoms. The van der Waals surface area contributed by atoms with Crippen LogP contribution in [0.1, 0.15) is 35.9 Å². The van der Waals surface area contributed by atoms with Crippen LogP contribution in [-0.4, -0.2) is 18.5 Å². The molecule has 0 fully saturated rings. The summed E-state index contributed by atoms with van der Waals surface area (Å²) in [5.41, 5.74) is 1.59. The third-order valence-corrected chi connectivity index (χ3v) is 4.20. The molecule has 144 valence electrons. The molecule has 1 amide bonds. The van der Waals surface area contributed by atoms with Crippen molar-refractivity contribution in [3.8, 4) is 0 Å². The normalized spacial score (nSPS) is 10.6. The molecule has 3 rings (SSSR count). The topological polar surface area (TPSA) is 85.6 Å². The van der Waals surface area contributed by atoms with Gasteiger partial charge in [0.2, 0.25) is 11.7 Å². The third kappa shape index (κ3) is 4.85. The quantitative estimate of drug-likeness (QED) is 0.629. The molecule has 1 N–H and O–H groups in total. The van der Waals surface area contributed by atoms with Gasteiger partial charge in [-0.1, -0.05) is 30.3 Å². The number of hydrogen-bond donors (Lipinski definition) is 1. The summed E-state index contributed by atoms with van der Waals surface area (Å²) in [5, 5.41) is 3.08. The van der Waals surface area contributed by atoms with Crippen LogP contribution in [0.15, 0.2) is 63.8 Å². The van der Waals surface area contributed by atoms with Crippen molar-refractivity contribution >= 4 is 28.5 Å². The van der Waals surface area contributed by atoms with Gasteiger partial charge in [-0.2, -0.15) is 0 Å². The lowest BCUT2D eigenvalue weighted by Crippen LogP contribution is -2.13. The second kappa shape index (κ2) is 8.99. The van der Waals surface area contributed by atoms with Crippen molar-refractivity contribution in [2.75, 3.05) is 11.9 Å². The fourth-order valence-corrected chi connectivity index (χ4v) is 2.86. The molecular formula is C22H21NO5. The molecule has 0 bridgehead atoms. The SMILES string of the molecule is CCOC(=O)c1cc(=O)c2cc(NC(=O)CCCc3ccccc3)ccc2o1. The molecule has 1 aromatic heterocycles. The second-order valence-corrected chi connectivity index (χ2v) is 6.29. The zero-order chi connectivity index (χ0) is 19.9. The summed E-state index contributed by atoms with van der Waals surface area (Å²) in [6.45, 7) is 1.86. The first-order chi connectivity index (χ1) is 13.6. The van der Waals surface area contributed by atoms with Crippen molar-refractivity contribution in [3.05, 3.63) is 76.1 Å². The van der Waals surface area contributed by atoms with Crippen molar-refractivity contribution in [2.24, 2.45) is 0 Å². The number of esters is 1. The van der Waals surface area contributed by atoms with Gasteiger partial charge < -0.3 is 14.5 Å². The van der Waals surface area contributed by atoms with E-state index in [1.807, 2.05) is 30.3 Å². The predicted molar refractivity (Wildman–Crippen MR) is 106 cm³/mol. The Hall–Kier alpha value is -3.41. The highest BCUT2D eigenvalue weighted by atomic mass is 16.5. The van der Waals surface area contributed by atoms with Crippen molar-refractivity contribution < 1.29 is 18.7 Å². The first kappa shape index (κ1) is 19.4. The van der Waals surface area contributed by atoms with Gasteiger partial charge in [-0.15, -0.1) is 0 Å². The maximum absolute atomic E-state index is 12.3. The molecule has 1 heterocycles. The molecule has 6 nitrogen and oxygen atoms in total. The summed E-state index contributed by atoms with van der Waals surface area (Å²) in [4.78, 5) is 36.2. The molecule has 0 aliphatic rings. The minimum absolute atomic E-state index is 0.122. The number of rotatable bonds is 7. The summed E-state index contributed by atoms with van der Waals surface area (Å²) in [5.74, 6) is -0.947. The largest absolute Gasteiger partial charge is 0.460 e. The summed E-state index contributed by atoms with van der Waals surface area (Å²) in [7, 11) is 0. The molecule has 0 atom stereocenters. The van der Waals surface area contributed by atoms with Crippen LogP contribution in [0.4, 0.5) is 5.69 Å². The van der Waals surface area contributed by atoms with Crippen LogP contribution in [0.3, 0.4) is 0 Å². The van der Waals surface area contributed by atoms with E-state index in [4.69, 9.17) is 9.15 Å². The van der Waals surface area contributed by atoms with Crippen LogP contribution in [0, 0.1) is 0 Å². The minimum Gasteiger partial charge on any atom is -0.460 e. The van der Waals surface area contributed by atoms with Gasteiger partial charge in [0.25, 0.3) is 0 Å². The zero-order valence-corrected chi connectivity index (χ0v) is 15.6. The van der Waals surface area contributed by atoms with Crippen LogP contribution in [0.25, 0.3) is 11.0 Å². The molecular weight excluding hydrogens is 358 g/mol. The van der Waals surface area contributed by atoms with Crippen LogP contribution in [0.5, 0.6) is 0 Å². The van der Waals surface area contributed by atoms with E-state index in [0.29, 0.717) is 12.1 Å². The van der Waals surface area contributed by atoms with E-state index in [1.165, 1.54) is 5.56 Å². The number of hydrogen-bond acceptors (Lipinski definition) is 5. The van der Waals surface area contributed by atoms with Crippen molar-refractivity contribution in [2.45, 2.75) is 26.2 Å². The summed E-state index contributed by atoms with van der Waals surface area (Å²) >= 11 is 0. The maximum Gasteiger partial charge on any atom is 0.374 e. The van der Waals surface area contributed by atoms with Crippen LogP contribution in [0.2, 0.25) is 0 Å². The fourth-order valence-electron chi connectivity index (χ4n) is 2.86. The van der Waals surface area contributed by atoms with Crippen LogP contribution in [-0.2, 0) is 16.0 Å². The smallest absolute Gasteiger partial charge is 0.374 e. The Morgan fingerprint density at radius 3 is 2.61 bits per heavy atom. The van der Waals surface area contributed by atoms with Gasteiger partial charge in [-0.05, 0) is 43.5 Å². The Bertz CT molecular complexity index is 1040. The van der Waals surface area contributed by atoms with E-state index >= 15 is 0 Å². The molecule has 2 aromatic carbocycles. The number of amides is 1. The minimum atomic E-state index is -0.683. The molecule has 3 aromatic rings. The van der Waals surface area contributed by atoms with Gasteiger partial charge >= 0.3 is 5.97 Å². The van der Waals surface area contributed by atoms with Gasteiger partial charge in [0, 0.05) is 18.2 Å². The van der Waals surface area contributed by atoms with E-state index in [0.717, 1.165) is 18.9 Å². The molecule has 0 radical (unpaired) electrons. The van der Waals surface area contributed by atoms with E-state index in [9.17, 15) is 14.4 Å². The second-order valence-electron chi connectivity index (χ2n) is 6.29. The number of carbonyl (C=O) groups is 2. The Kier molecular flexibility index (Phi) is 6.22. The van der Waals surface area contributed by atoms with Gasteiger partial charge in [-0.3, -0.25) is 9.59 Å². The fraction of sp³-hybridized carbons (Fsp3) is 0.227. The summed E-state index contributed by atoms with van der Waals surface area (Å²) in [6, 6.07) is 15.8.